The highest BCUT2D eigenvalue weighted by Gasteiger charge is 2.13. The van der Waals surface area contributed by atoms with Crippen molar-refractivity contribution in [2.45, 2.75) is 124 Å². The van der Waals surface area contributed by atoms with Crippen LogP contribution in [0.4, 0.5) is 0 Å². The molecule has 0 fully saturated rings. The predicted octanol–water partition coefficient (Wildman–Crippen LogP) is 7.03. The molecule has 6 radical (unpaired) electrons. The first-order chi connectivity index (χ1) is 20.3. The van der Waals surface area contributed by atoms with Gasteiger partial charge < -0.3 is 14.7 Å². The maximum absolute atomic E-state index is 10.1. The molecule has 0 saturated carbocycles. The topological polar surface area (TPSA) is 36.1 Å². The van der Waals surface area contributed by atoms with Crippen LogP contribution in [-0.4, -0.2) is 53.3 Å². The SMILES string of the molecule is CCCCC/C=C\C/C=C\CCCCCCCC=O.[B]c1c([B])c(C)c2c(CCN(C)C(=C)CCCC)c[nH]c2c1[B]. The Hall–Kier alpha value is -2.36. The second-order valence-electron chi connectivity index (χ2n) is 11.5. The van der Waals surface area contributed by atoms with E-state index in [2.05, 4.69) is 61.7 Å². The van der Waals surface area contributed by atoms with Gasteiger partial charge in [-0.15, -0.1) is 10.9 Å². The molecule has 0 aliphatic carbocycles. The minimum atomic E-state index is 0.466. The summed E-state index contributed by atoms with van der Waals surface area (Å²) in [5.74, 6) is 0. The summed E-state index contributed by atoms with van der Waals surface area (Å²) >= 11 is 0. The molecule has 2 aromatic rings. The van der Waals surface area contributed by atoms with Gasteiger partial charge >= 0.3 is 0 Å². The maximum atomic E-state index is 10.1. The van der Waals surface area contributed by atoms with Crippen molar-refractivity contribution in [2.24, 2.45) is 0 Å². The number of nitrogens with zero attached hydrogens (tertiary/aromatic N) is 1. The van der Waals surface area contributed by atoms with E-state index in [1.54, 1.807) is 0 Å². The number of benzene rings is 1. The Kier molecular flexibility index (Phi) is 20.8. The summed E-state index contributed by atoms with van der Waals surface area (Å²) in [4.78, 5) is 15.6. The lowest BCUT2D eigenvalue weighted by Gasteiger charge is -2.22. The molecule has 42 heavy (non-hydrogen) atoms. The van der Waals surface area contributed by atoms with Crippen LogP contribution in [0.1, 0.15) is 121 Å². The van der Waals surface area contributed by atoms with Gasteiger partial charge in [-0.05, 0) is 75.8 Å². The minimum absolute atomic E-state index is 0.466. The van der Waals surface area contributed by atoms with Gasteiger partial charge in [-0.2, -0.15) is 0 Å². The fourth-order valence-electron chi connectivity index (χ4n) is 4.98. The Morgan fingerprint density at radius 2 is 1.43 bits per heavy atom. The Bertz CT molecular complexity index is 1100. The van der Waals surface area contributed by atoms with E-state index >= 15 is 0 Å². The zero-order valence-corrected chi connectivity index (χ0v) is 27.3. The average molecular weight is 564 g/mol. The third-order valence-corrected chi connectivity index (χ3v) is 7.94. The summed E-state index contributed by atoms with van der Waals surface area (Å²) in [6.07, 6.45) is 31.0. The molecule has 0 aliphatic rings. The van der Waals surface area contributed by atoms with E-state index in [1.165, 1.54) is 81.9 Å². The standard InChI is InChI=1S/C18H23B3N2.C18H32O/c1-5-6-7-11(2)23(4)9-8-13-10-22-18-14(13)12(3)15(19)16(20)17(18)21;1-2-3-4-5-6-7-8-9-10-11-12-13-14-15-16-17-18-19/h10,22H,2,5-9H2,1,3-4H3;6-7,9-10,18H,2-5,8,11-17H2,1H3/b;7-6-,10-9-. The van der Waals surface area contributed by atoms with Crippen molar-refractivity contribution < 1.29 is 4.79 Å². The summed E-state index contributed by atoms with van der Waals surface area (Å²) in [6, 6.07) is 0. The van der Waals surface area contributed by atoms with E-state index in [9.17, 15) is 4.79 Å². The molecule has 1 aromatic carbocycles. The minimum Gasteiger partial charge on any atom is -0.378 e. The summed E-state index contributed by atoms with van der Waals surface area (Å²) in [5.41, 5.74) is 5.87. The molecule has 0 amide bonds. The van der Waals surface area contributed by atoms with Crippen LogP contribution >= 0.6 is 0 Å². The molecule has 1 N–H and O–H groups in total. The number of unbranched alkanes of at least 4 members (excludes halogenated alkanes) is 10. The molecule has 0 aliphatic heterocycles. The molecule has 0 unspecified atom stereocenters. The number of allylic oxidation sites excluding steroid dienone is 5. The number of nitrogens with one attached hydrogen (secondary N) is 1. The summed E-state index contributed by atoms with van der Waals surface area (Å²) in [5, 5.41) is 1.10. The molecule has 2 rings (SSSR count). The quantitative estimate of drug-likeness (QED) is 0.0765. The maximum Gasteiger partial charge on any atom is 0.119 e. The van der Waals surface area contributed by atoms with Crippen molar-refractivity contribution in [1.29, 1.82) is 0 Å². The predicted molar refractivity (Wildman–Crippen MR) is 190 cm³/mol. The summed E-state index contributed by atoms with van der Waals surface area (Å²) in [6.45, 7) is 11.5. The van der Waals surface area contributed by atoms with Crippen molar-refractivity contribution in [1.82, 2.24) is 9.88 Å². The number of rotatable bonds is 21. The highest BCUT2D eigenvalue weighted by atomic mass is 16.1. The highest BCUT2D eigenvalue weighted by molar-refractivity contribution is 6.60. The van der Waals surface area contributed by atoms with Crippen LogP contribution in [0.3, 0.4) is 0 Å². The number of aromatic amines is 1. The van der Waals surface area contributed by atoms with Crippen molar-refractivity contribution in [3.05, 3.63) is 53.9 Å². The number of H-pyrrole nitrogens is 1. The second kappa shape index (κ2) is 23.1. The second-order valence-corrected chi connectivity index (χ2v) is 11.5. The zero-order chi connectivity index (χ0) is 31.2. The van der Waals surface area contributed by atoms with E-state index in [4.69, 9.17) is 23.5 Å². The van der Waals surface area contributed by atoms with Crippen LogP contribution in [0.5, 0.6) is 0 Å². The van der Waals surface area contributed by atoms with Crippen molar-refractivity contribution in [3.63, 3.8) is 0 Å². The van der Waals surface area contributed by atoms with E-state index in [1.807, 2.05) is 13.1 Å². The van der Waals surface area contributed by atoms with Gasteiger partial charge in [0.25, 0.3) is 0 Å². The summed E-state index contributed by atoms with van der Waals surface area (Å²) in [7, 11) is 20.3. The molecule has 0 bridgehead atoms. The Balaban J connectivity index is 0.000000430. The van der Waals surface area contributed by atoms with Gasteiger partial charge in [-0.3, -0.25) is 0 Å². The number of aromatic nitrogens is 1. The van der Waals surface area contributed by atoms with Crippen LogP contribution in [0, 0.1) is 6.92 Å². The first-order valence-corrected chi connectivity index (χ1v) is 16.3. The number of likely N-dealkylation sites (N-methyl/N-ethyl adjacent to an activating group) is 1. The normalized spacial score (nSPS) is 11.3. The van der Waals surface area contributed by atoms with E-state index in [-0.39, 0.29) is 0 Å². The molecule has 3 nitrogen and oxygen atoms in total. The Labute approximate surface area is 262 Å². The molecule has 0 saturated heterocycles. The van der Waals surface area contributed by atoms with Crippen LogP contribution in [-0.2, 0) is 11.2 Å². The van der Waals surface area contributed by atoms with Gasteiger partial charge in [-0.25, -0.2) is 0 Å². The van der Waals surface area contributed by atoms with Crippen LogP contribution < -0.4 is 16.4 Å². The number of fused-ring (bicyclic) bond motifs is 1. The number of hydrogen-bond donors (Lipinski definition) is 1. The first kappa shape index (κ1) is 37.7. The fourth-order valence-corrected chi connectivity index (χ4v) is 4.98. The molecule has 6 heteroatoms. The number of carbonyl (C=O) groups excluding carboxylic acids is 1. The van der Waals surface area contributed by atoms with Gasteiger partial charge in [0.15, 0.2) is 0 Å². The van der Waals surface area contributed by atoms with Crippen LogP contribution in [0.2, 0.25) is 0 Å². The molecule has 1 heterocycles. The zero-order valence-electron chi connectivity index (χ0n) is 27.3. The van der Waals surface area contributed by atoms with Crippen LogP contribution in [0.25, 0.3) is 10.9 Å². The van der Waals surface area contributed by atoms with Crippen molar-refractivity contribution >= 4 is 57.1 Å². The first-order valence-electron chi connectivity index (χ1n) is 16.3. The molecule has 0 spiro atoms. The van der Waals surface area contributed by atoms with E-state index in [0.717, 1.165) is 61.4 Å². The average Bonchev–Trinajstić information content (AvgIpc) is 3.43. The number of aldehydes is 1. The number of carbonyl (C=O) groups is 1. The number of aryl methyl sites for hydroxylation is 1. The third kappa shape index (κ3) is 14.2. The molecule has 1 aromatic heterocycles. The summed E-state index contributed by atoms with van der Waals surface area (Å²) < 4.78 is 0. The van der Waals surface area contributed by atoms with Gasteiger partial charge in [0.2, 0.25) is 0 Å². The lowest BCUT2D eigenvalue weighted by molar-refractivity contribution is -0.107. The fraction of sp³-hybridized carbons (Fsp3) is 0.583. The van der Waals surface area contributed by atoms with Gasteiger partial charge in [0, 0.05) is 42.8 Å². The van der Waals surface area contributed by atoms with Gasteiger partial charge in [0.05, 0.1) is 0 Å². The number of hydrogen-bond acceptors (Lipinski definition) is 2. The van der Waals surface area contributed by atoms with E-state index in [0.29, 0.717) is 16.4 Å². The van der Waals surface area contributed by atoms with Crippen LogP contribution in [0.15, 0.2) is 42.8 Å². The lowest BCUT2D eigenvalue weighted by atomic mass is 9.69. The van der Waals surface area contributed by atoms with Crippen molar-refractivity contribution in [3.8, 4) is 0 Å². The molecule has 224 valence electrons. The molecule has 0 atom stereocenters. The van der Waals surface area contributed by atoms with Gasteiger partial charge in [0.1, 0.15) is 29.8 Å². The van der Waals surface area contributed by atoms with Gasteiger partial charge in [-0.1, -0.05) is 88.7 Å². The largest absolute Gasteiger partial charge is 0.378 e. The highest BCUT2D eigenvalue weighted by Crippen LogP contribution is 2.20. The molecular weight excluding hydrogens is 509 g/mol. The Morgan fingerprint density at radius 1 is 0.833 bits per heavy atom. The molecular formula is C36H55B3N2O. The third-order valence-electron chi connectivity index (χ3n) is 7.94. The Morgan fingerprint density at radius 3 is 2.05 bits per heavy atom. The van der Waals surface area contributed by atoms with E-state index < -0.39 is 0 Å². The van der Waals surface area contributed by atoms with Crippen molar-refractivity contribution in [2.75, 3.05) is 13.6 Å². The monoisotopic (exact) mass is 564 g/mol. The lowest BCUT2D eigenvalue weighted by Crippen LogP contribution is -2.41. The smallest absolute Gasteiger partial charge is 0.119 e.